The number of rotatable bonds is 4. The van der Waals surface area contributed by atoms with Gasteiger partial charge in [0.15, 0.2) is 0 Å². The molecule has 0 saturated carbocycles. The first-order valence-electron chi connectivity index (χ1n) is 2.32. The summed E-state index contributed by atoms with van der Waals surface area (Å²) in [5.74, 6) is 4.54. The molecule has 0 aliphatic heterocycles. The summed E-state index contributed by atoms with van der Waals surface area (Å²) < 4.78 is 19.0. The lowest BCUT2D eigenvalue weighted by Crippen LogP contribution is -2.05. The smallest absolute Gasteiger partial charge is 0.305 e. The van der Waals surface area contributed by atoms with Crippen LogP contribution in [0.5, 0.6) is 0 Å². The van der Waals surface area contributed by atoms with Crippen LogP contribution in [0.3, 0.4) is 0 Å². The standard InChI is InChI=1S/C4H8NO4P/c1-3-4(6)10(7,8-2)9-5/h3H,1,5H2,2H3. The quantitative estimate of drug-likeness (QED) is 0.371. The Morgan fingerprint density at radius 2 is 2.30 bits per heavy atom. The fourth-order valence-electron chi connectivity index (χ4n) is 0.297. The molecule has 2 N–H and O–H groups in total. The topological polar surface area (TPSA) is 78.6 Å². The summed E-state index contributed by atoms with van der Waals surface area (Å²) in [6.07, 6.45) is 0.830. The summed E-state index contributed by atoms with van der Waals surface area (Å²) in [7, 11) is -2.69. The predicted octanol–water partition coefficient (Wildman–Crippen LogP) is 0.429. The van der Waals surface area contributed by atoms with Crippen LogP contribution < -0.4 is 5.90 Å². The van der Waals surface area contributed by atoms with Gasteiger partial charge in [-0.15, -0.1) is 0 Å². The van der Waals surface area contributed by atoms with E-state index in [4.69, 9.17) is 0 Å². The molecule has 58 valence electrons. The molecule has 0 aromatic heterocycles. The normalized spacial score (nSPS) is 15.8. The average molecular weight is 165 g/mol. The van der Waals surface area contributed by atoms with E-state index in [2.05, 4.69) is 21.6 Å². The third kappa shape index (κ3) is 1.75. The molecule has 6 heteroatoms. The van der Waals surface area contributed by atoms with E-state index in [0.29, 0.717) is 0 Å². The van der Waals surface area contributed by atoms with E-state index in [1.165, 1.54) is 0 Å². The number of nitrogens with two attached hydrogens (primary N) is 1. The molecule has 0 aliphatic carbocycles. The molecule has 0 aromatic carbocycles. The molecule has 0 radical (unpaired) electrons. The molecule has 0 amide bonds. The van der Waals surface area contributed by atoms with Gasteiger partial charge in [0.25, 0.3) is 5.52 Å². The Bertz CT molecular complexity index is 182. The van der Waals surface area contributed by atoms with Crippen LogP contribution in [0.4, 0.5) is 0 Å². The van der Waals surface area contributed by atoms with Gasteiger partial charge in [0.1, 0.15) is 0 Å². The zero-order chi connectivity index (χ0) is 8.20. The largest absolute Gasteiger partial charge is 0.416 e. The second-order valence-corrected chi connectivity index (χ2v) is 3.34. The van der Waals surface area contributed by atoms with Crippen LogP contribution in [0.25, 0.3) is 0 Å². The molecule has 0 heterocycles. The van der Waals surface area contributed by atoms with Crippen molar-refractivity contribution in [1.82, 2.24) is 0 Å². The molecule has 1 unspecified atom stereocenters. The summed E-state index contributed by atoms with van der Waals surface area (Å²) in [6.45, 7) is 3.09. The number of hydrogen-bond acceptors (Lipinski definition) is 5. The monoisotopic (exact) mass is 165 g/mol. The van der Waals surface area contributed by atoms with Crippen LogP contribution in [0, 0.1) is 0 Å². The van der Waals surface area contributed by atoms with E-state index in [1.54, 1.807) is 0 Å². The maximum absolute atomic E-state index is 10.9. The number of carbonyl (C=O) groups is 1. The molecule has 0 aliphatic rings. The van der Waals surface area contributed by atoms with Gasteiger partial charge in [0, 0.05) is 7.11 Å². The van der Waals surface area contributed by atoms with E-state index < -0.39 is 13.1 Å². The van der Waals surface area contributed by atoms with Crippen molar-refractivity contribution < 1.29 is 18.5 Å². The molecule has 0 spiro atoms. The number of allylic oxidation sites excluding steroid dienone is 1. The Morgan fingerprint density at radius 1 is 1.80 bits per heavy atom. The minimum absolute atomic E-state index is 0.830. The lowest BCUT2D eigenvalue weighted by molar-refractivity contribution is -0.109. The van der Waals surface area contributed by atoms with Crippen molar-refractivity contribution in [3.63, 3.8) is 0 Å². The van der Waals surface area contributed by atoms with Crippen molar-refractivity contribution in [3.8, 4) is 0 Å². The zero-order valence-corrected chi connectivity index (χ0v) is 6.34. The van der Waals surface area contributed by atoms with Crippen molar-refractivity contribution in [2.45, 2.75) is 0 Å². The summed E-state index contributed by atoms with van der Waals surface area (Å²) in [5, 5.41) is 0. The van der Waals surface area contributed by atoms with Gasteiger partial charge in [0.05, 0.1) is 0 Å². The Kier molecular flexibility index (Phi) is 3.46. The maximum atomic E-state index is 10.9. The zero-order valence-electron chi connectivity index (χ0n) is 5.44. The van der Waals surface area contributed by atoms with Gasteiger partial charge < -0.3 is 4.52 Å². The predicted molar refractivity (Wildman–Crippen MR) is 35.1 cm³/mol. The van der Waals surface area contributed by atoms with Crippen LogP contribution in [0.15, 0.2) is 12.7 Å². The fourth-order valence-corrected chi connectivity index (χ4v) is 0.890. The fraction of sp³-hybridized carbons (Fsp3) is 0.250. The molecule has 0 rings (SSSR count). The highest BCUT2D eigenvalue weighted by atomic mass is 31.2. The first-order chi connectivity index (χ1) is 4.60. The van der Waals surface area contributed by atoms with E-state index in [1.807, 2.05) is 0 Å². The lowest BCUT2D eigenvalue weighted by atomic mass is 10.7. The minimum Gasteiger partial charge on any atom is -0.305 e. The first-order valence-corrected chi connectivity index (χ1v) is 3.86. The molecule has 0 bridgehead atoms. The highest BCUT2D eigenvalue weighted by Crippen LogP contribution is 2.46. The van der Waals surface area contributed by atoms with Crippen LogP contribution in [0.2, 0.25) is 0 Å². The van der Waals surface area contributed by atoms with Crippen molar-refractivity contribution in [2.75, 3.05) is 7.11 Å². The number of carbonyl (C=O) groups excluding carboxylic acids is 1. The second kappa shape index (κ2) is 3.63. The highest BCUT2D eigenvalue weighted by molar-refractivity contribution is 7.72. The maximum Gasteiger partial charge on any atom is 0.416 e. The van der Waals surface area contributed by atoms with Gasteiger partial charge in [0.2, 0.25) is 0 Å². The van der Waals surface area contributed by atoms with Crippen molar-refractivity contribution in [2.24, 2.45) is 5.90 Å². The Balaban J connectivity index is 4.49. The molecule has 0 aromatic rings. The minimum atomic E-state index is -3.75. The van der Waals surface area contributed by atoms with Crippen LogP contribution in [-0.4, -0.2) is 12.6 Å². The molecule has 0 saturated heterocycles. The lowest BCUT2D eigenvalue weighted by Gasteiger charge is -2.06. The van der Waals surface area contributed by atoms with Gasteiger partial charge in [-0.3, -0.25) is 4.79 Å². The van der Waals surface area contributed by atoms with E-state index in [0.717, 1.165) is 13.2 Å². The third-order valence-electron chi connectivity index (χ3n) is 0.824. The van der Waals surface area contributed by atoms with Crippen LogP contribution >= 0.6 is 7.60 Å². The van der Waals surface area contributed by atoms with Crippen molar-refractivity contribution in [1.29, 1.82) is 0 Å². The molecular weight excluding hydrogens is 157 g/mol. The third-order valence-corrected chi connectivity index (χ3v) is 2.30. The summed E-state index contributed by atoms with van der Waals surface area (Å²) >= 11 is 0. The summed E-state index contributed by atoms with van der Waals surface area (Å²) in [5.41, 5.74) is -0.850. The van der Waals surface area contributed by atoms with Crippen LogP contribution in [0.1, 0.15) is 0 Å². The Hall–Kier alpha value is -0.480. The molecule has 5 nitrogen and oxygen atoms in total. The molecular formula is C4H8NO4P. The van der Waals surface area contributed by atoms with E-state index in [9.17, 15) is 9.36 Å². The van der Waals surface area contributed by atoms with Gasteiger partial charge in [-0.2, -0.15) is 0 Å². The van der Waals surface area contributed by atoms with Gasteiger partial charge in [-0.05, 0) is 6.08 Å². The van der Waals surface area contributed by atoms with E-state index in [-0.39, 0.29) is 0 Å². The van der Waals surface area contributed by atoms with Gasteiger partial charge in [-0.1, -0.05) is 6.58 Å². The van der Waals surface area contributed by atoms with Crippen LogP contribution in [-0.2, 0) is 18.5 Å². The first kappa shape index (κ1) is 9.52. The molecule has 0 fully saturated rings. The Morgan fingerprint density at radius 3 is 2.40 bits per heavy atom. The van der Waals surface area contributed by atoms with Gasteiger partial charge in [-0.25, -0.2) is 15.1 Å². The SMILES string of the molecule is C=CC(=O)P(=O)(OC)ON. The molecule has 1 atom stereocenters. The van der Waals surface area contributed by atoms with E-state index >= 15 is 0 Å². The van der Waals surface area contributed by atoms with Gasteiger partial charge >= 0.3 is 7.60 Å². The average Bonchev–Trinajstić information content (AvgIpc) is 2.01. The van der Waals surface area contributed by atoms with Crippen molar-refractivity contribution in [3.05, 3.63) is 12.7 Å². The highest BCUT2D eigenvalue weighted by Gasteiger charge is 2.30. The summed E-state index contributed by atoms with van der Waals surface area (Å²) in [4.78, 5) is 10.6. The summed E-state index contributed by atoms with van der Waals surface area (Å²) in [6, 6.07) is 0. The molecule has 10 heavy (non-hydrogen) atoms. The second-order valence-electron chi connectivity index (χ2n) is 1.33. The number of hydrogen-bond donors (Lipinski definition) is 1. The van der Waals surface area contributed by atoms with Crippen molar-refractivity contribution >= 4 is 13.1 Å². The Labute approximate surface area is 58.3 Å².